The first-order valence-electron chi connectivity index (χ1n) is 6.34. The molecule has 2 N–H and O–H groups in total. The molecule has 0 aromatic heterocycles. The molecule has 6 nitrogen and oxygen atoms in total. The fourth-order valence-corrected chi connectivity index (χ4v) is 1.72. The van der Waals surface area contributed by atoms with E-state index in [4.69, 9.17) is 4.74 Å². The van der Waals surface area contributed by atoms with Crippen LogP contribution in [0.4, 0.5) is 4.79 Å². The minimum Gasteiger partial charge on any atom is -0.496 e. The Hall–Kier alpha value is -2.08. The van der Waals surface area contributed by atoms with Gasteiger partial charge in [-0.05, 0) is 20.0 Å². The van der Waals surface area contributed by atoms with Gasteiger partial charge in [0.05, 0.1) is 13.2 Å². The standard InChI is InChI=1S/C14H21N3O3/c1-10(13(18)16-14(19)15-2)17(3)9-11-7-5-6-8-12(11)20-4/h5-8,10H,9H2,1-4H3,(H2,15,16,18,19). The number of amides is 3. The largest absolute Gasteiger partial charge is 0.496 e. The van der Waals surface area contributed by atoms with Gasteiger partial charge in [0.15, 0.2) is 0 Å². The summed E-state index contributed by atoms with van der Waals surface area (Å²) in [6.07, 6.45) is 0. The fourth-order valence-electron chi connectivity index (χ4n) is 1.72. The lowest BCUT2D eigenvalue weighted by atomic mass is 10.1. The summed E-state index contributed by atoms with van der Waals surface area (Å²) >= 11 is 0. The number of nitrogens with zero attached hydrogens (tertiary/aromatic N) is 1. The number of hydrogen-bond donors (Lipinski definition) is 2. The molecule has 0 aliphatic heterocycles. The molecule has 0 heterocycles. The zero-order valence-corrected chi connectivity index (χ0v) is 12.3. The number of imide groups is 1. The molecule has 1 unspecified atom stereocenters. The summed E-state index contributed by atoms with van der Waals surface area (Å²) in [6.45, 7) is 2.29. The number of carbonyl (C=O) groups excluding carboxylic acids is 2. The zero-order valence-electron chi connectivity index (χ0n) is 12.3. The van der Waals surface area contributed by atoms with E-state index in [1.54, 1.807) is 14.0 Å². The molecule has 0 bridgehead atoms. The molecule has 0 saturated carbocycles. The normalized spacial score (nSPS) is 11.8. The monoisotopic (exact) mass is 279 g/mol. The first-order valence-corrected chi connectivity index (χ1v) is 6.34. The van der Waals surface area contributed by atoms with Crippen LogP contribution in [-0.2, 0) is 11.3 Å². The number of carbonyl (C=O) groups is 2. The Labute approximate surface area is 119 Å². The highest BCUT2D eigenvalue weighted by Crippen LogP contribution is 2.19. The number of ether oxygens (including phenoxy) is 1. The molecule has 6 heteroatoms. The molecule has 0 saturated heterocycles. The summed E-state index contributed by atoms with van der Waals surface area (Å²) in [6, 6.07) is 6.69. The lowest BCUT2D eigenvalue weighted by molar-refractivity contribution is -0.124. The molecule has 0 radical (unpaired) electrons. The van der Waals surface area contributed by atoms with Gasteiger partial charge in [-0.2, -0.15) is 0 Å². The highest BCUT2D eigenvalue weighted by atomic mass is 16.5. The van der Waals surface area contributed by atoms with Crippen LogP contribution in [0.15, 0.2) is 24.3 Å². The van der Waals surface area contributed by atoms with E-state index in [0.29, 0.717) is 6.54 Å². The molecule has 0 fully saturated rings. The molecule has 1 atom stereocenters. The highest BCUT2D eigenvalue weighted by Gasteiger charge is 2.20. The van der Waals surface area contributed by atoms with Gasteiger partial charge in [-0.1, -0.05) is 18.2 Å². The van der Waals surface area contributed by atoms with Crippen LogP contribution in [0.1, 0.15) is 12.5 Å². The maximum Gasteiger partial charge on any atom is 0.321 e. The van der Waals surface area contributed by atoms with Crippen molar-refractivity contribution >= 4 is 11.9 Å². The zero-order chi connectivity index (χ0) is 15.1. The summed E-state index contributed by atoms with van der Waals surface area (Å²) in [5.74, 6) is 0.431. The van der Waals surface area contributed by atoms with Crippen LogP contribution in [0, 0.1) is 0 Å². The Bertz CT molecular complexity index is 476. The van der Waals surface area contributed by atoms with E-state index in [2.05, 4.69) is 10.6 Å². The average Bonchev–Trinajstić information content (AvgIpc) is 2.46. The maximum atomic E-state index is 11.9. The molecule has 0 spiro atoms. The van der Waals surface area contributed by atoms with Crippen LogP contribution in [0.25, 0.3) is 0 Å². The van der Waals surface area contributed by atoms with Crippen LogP contribution in [-0.4, -0.2) is 44.1 Å². The van der Waals surface area contributed by atoms with Gasteiger partial charge in [0, 0.05) is 19.2 Å². The number of likely N-dealkylation sites (N-methyl/N-ethyl adjacent to an activating group) is 1. The number of urea groups is 1. The Morgan fingerprint density at radius 3 is 2.60 bits per heavy atom. The molecule has 1 rings (SSSR count). The van der Waals surface area contributed by atoms with Crippen molar-refractivity contribution in [1.29, 1.82) is 0 Å². The number of rotatable bonds is 5. The molecule has 1 aromatic carbocycles. The third-order valence-corrected chi connectivity index (χ3v) is 3.12. The van der Waals surface area contributed by atoms with E-state index in [1.807, 2.05) is 36.2 Å². The summed E-state index contributed by atoms with van der Waals surface area (Å²) in [5, 5.41) is 4.61. The maximum absolute atomic E-state index is 11.9. The van der Waals surface area contributed by atoms with E-state index in [1.165, 1.54) is 7.05 Å². The first kappa shape index (κ1) is 16.0. The average molecular weight is 279 g/mol. The van der Waals surface area contributed by atoms with Crippen molar-refractivity contribution < 1.29 is 14.3 Å². The molecule has 3 amide bonds. The van der Waals surface area contributed by atoms with E-state index < -0.39 is 12.1 Å². The predicted octanol–water partition coefficient (Wildman–Crippen LogP) is 0.971. The number of nitrogens with one attached hydrogen (secondary N) is 2. The van der Waals surface area contributed by atoms with E-state index in [0.717, 1.165) is 11.3 Å². The number of para-hydroxylation sites is 1. The van der Waals surface area contributed by atoms with Gasteiger partial charge < -0.3 is 10.1 Å². The molecule has 110 valence electrons. The second-order valence-corrected chi connectivity index (χ2v) is 4.47. The molecule has 20 heavy (non-hydrogen) atoms. The Kier molecular flexibility index (Phi) is 5.99. The summed E-state index contributed by atoms with van der Waals surface area (Å²) in [4.78, 5) is 24.8. The molecule has 0 aliphatic carbocycles. The van der Waals surface area contributed by atoms with Gasteiger partial charge in [-0.15, -0.1) is 0 Å². The van der Waals surface area contributed by atoms with Crippen molar-refractivity contribution in [3.8, 4) is 5.75 Å². The quantitative estimate of drug-likeness (QED) is 0.842. The number of hydrogen-bond acceptors (Lipinski definition) is 4. The van der Waals surface area contributed by atoms with Crippen LogP contribution >= 0.6 is 0 Å². The Balaban J connectivity index is 2.67. The minimum atomic E-state index is -0.507. The molecular weight excluding hydrogens is 258 g/mol. The van der Waals surface area contributed by atoms with Gasteiger partial charge in [-0.25, -0.2) is 4.79 Å². The lowest BCUT2D eigenvalue weighted by Crippen LogP contribution is -2.47. The molecular formula is C14H21N3O3. The van der Waals surface area contributed by atoms with Crippen LogP contribution in [0.5, 0.6) is 5.75 Å². The predicted molar refractivity (Wildman–Crippen MR) is 76.5 cm³/mol. The smallest absolute Gasteiger partial charge is 0.321 e. The van der Waals surface area contributed by atoms with Gasteiger partial charge in [0.1, 0.15) is 5.75 Å². The van der Waals surface area contributed by atoms with Crippen molar-refractivity contribution in [1.82, 2.24) is 15.5 Å². The van der Waals surface area contributed by atoms with Crippen molar-refractivity contribution in [2.45, 2.75) is 19.5 Å². The number of benzene rings is 1. The second-order valence-electron chi connectivity index (χ2n) is 4.47. The summed E-state index contributed by atoms with van der Waals surface area (Å²) < 4.78 is 5.28. The van der Waals surface area contributed by atoms with Crippen molar-refractivity contribution in [3.05, 3.63) is 29.8 Å². The lowest BCUT2D eigenvalue weighted by Gasteiger charge is -2.24. The Morgan fingerprint density at radius 1 is 1.35 bits per heavy atom. The summed E-state index contributed by atoms with van der Waals surface area (Å²) in [7, 11) is 4.90. The highest BCUT2D eigenvalue weighted by molar-refractivity contribution is 5.96. The van der Waals surface area contributed by atoms with Gasteiger partial charge in [0.2, 0.25) is 5.91 Å². The van der Waals surface area contributed by atoms with Gasteiger partial charge in [0.25, 0.3) is 0 Å². The Morgan fingerprint density at radius 2 is 2.00 bits per heavy atom. The second kappa shape index (κ2) is 7.49. The third-order valence-electron chi connectivity index (χ3n) is 3.12. The third kappa shape index (κ3) is 4.24. The van der Waals surface area contributed by atoms with Crippen LogP contribution in [0.3, 0.4) is 0 Å². The fraction of sp³-hybridized carbons (Fsp3) is 0.429. The molecule has 0 aliphatic rings. The van der Waals surface area contributed by atoms with Gasteiger partial charge in [-0.3, -0.25) is 15.0 Å². The van der Waals surface area contributed by atoms with E-state index >= 15 is 0 Å². The molecule has 1 aromatic rings. The number of methoxy groups -OCH3 is 1. The van der Waals surface area contributed by atoms with Crippen molar-refractivity contribution in [2.75, 3.05) is 21.2 Å². The van der Waals surface area contributed by atoms with Crippen LogP contribution in [0.2, 0.25) is 0 Å². The SMILES string of the molecule is CNC(=O)NC(=O)C(C)N(C)Cc1ccccc1OC. The van der Waals surface area contributed by atoms with Gasteiger partial charge >= 0.3 is 6.03 Å². The van der Waals surface area contributed by atoms with E-state index in [-0.39, 0.29) is 5.91 Å². The van der Waals surface area contributed by atoms with Crippen LogP contribution < -0.4 is 15.4 Å². The van der Waals surface area contributed by atoms with Crippen molar-refractivity contribution in [2.24, 2.45) is 0 Å². The first-order chi connectivity index (χ1) is 9.49. The van der Waals surface area contributed by atoms with E-state index in [9.17, 15) is 9.59 Å². The summed E-state index contributed by atoms with van der Waals surface area (Å²) in [5.41, 5.74) is 0.983. The topological polar surface area (TPSA) is 70.7 Å². The minimum absolute atomic E-state index is 0.346. The van der Waals surface area contributed by atoms with Crippen molar-refractivity contribution in [3.63, 3.8) is 0 Å².